The zero-order valence-corrected chi connectivity index (χ0v) is 15.1. The molecule has 2 heterocycles. The highest BCUT2D eigenvalue weighted by atomic mass is 19.4. The van der Waals surface area contributed by atoms with Crippen LogP contribution in [-0.2, 0) is 10.9 Å². The number of amides is 1. The molecule has 0 radical (unpaired) electrons. The van der Waals surface area contributed by atoms with Gasteiger partial charge in [-0.2, -0.15) is 13.2 Å². The predicted molar refractivity (Wildman–Crippen MR) is 93.4 cm³/mol. The number of nitrogens with zero attached hydrogens (tertiary/aromatic N) is 2. The van der Waals surface area contributed by atoms with Gasteiger partial charge in [-0.3, -0.25) is 4.79 Å². The van der Waals surface area contributed by atoms with Crippen molar-refractivity contribution in [1.82, 2.24) is 9.88 Å². The van der Waals surface area contributed by atoms with Gasteiger partial charge in [-0.05, 0) is 24.3 Å². The largest absolute Gasteiger partial charge is 0.497 e. The molecule has 0 N–H and O–H groups in total. The quantitative estimate of drug-likeness (QED) is 0.795. The molecule has 1 aromatic carbocycles. The first-order valence-corrected chi connectivity index (χ1v) is 8.58. The van der Waals surface area contributed by atoms with E-state index < -0.39 is 17.8 Å². The Labute approximate surface area is 159 Å². The lowest BCUT2D eigenvalue weighted by molar-refractivity contribution is -0.137. The molecule has 0 bridgehead atoms. The van der Waals surface area contributed by atoms with Crippen LogP contribution < -0.4 is 9.47 Å². The number of aromatic nitrogens is 1. The highest BCUT2D eigenvalue weighted by molar-refractivity contribution is 5.94. The summed E-state index contributed by atoms with van der Waals surface area (Å²) >= 11 is 0. The molecule has 0 unspecified atom stereocenters. The van der Waals surface area contributed by atoms with Crippen molar-refractivity contribution in [1.29, 1.82) is 0 Å². The molecule has 1 aromatic heterocycles. The van der Waals surface area contributed by atoms with Crippen LogP contribution in [0.2, 0.25) is 0 Å². The Morgan fingerprint density at radius 1 is 1.29 bits per heavy atom. The fourth-order valence-corrected chi connectivity index (χ4v) is 2.76. The third kappa shape index (κ3) is 4.92. The van der Waals surface area contributed by atoms with Crippen LogP contribution in [0.1, 0.15) is 15.9 Å². The summed E-state index contributed by atoms with van der Waals surface area (Å²) in [5.41, 5.74) is -0.389. The van der Waals surface area contributed by atoms with Crippen molar-refractivity contribution in [3.05, 3.63) is 53.7 Å². The number of carbonyl (C=O) groups excluding carboxylic acids is 1. The van der Waals surface area contributed by atoms with Gasteiger partial charge in [0.15, 0.2) is 0 Å². The molecular weight excluding hydrogens is 377 g/mol. The molecule has 0 aliphatic carbocycles. The number of hydrogen-bond donors (Lipinski definition) is 0. The molecule has 1 aliphatic heterocycles. The zero-order chi connectivity index (χ0) is 20.1. The number of alkyl halides is 3. The minimum absolute atomic E-state index is 0.0391. The van der Waals surface area contributed by atoms with Crippen LogP contribution in [0.15, 0.2) is 42.6 Å². The van der Waals surface area contributed by atoms with Crippen LogP contribution in [0.3, 0.4) is 0 Å². The minimum Gasteiger partial charge on any atom is -0.497 e. The Kier molecular flexibility index (Phi) is 6.03. The first kappa shape index (κ1) is 19.9. The summed E-state index contributed by atoms with van der Waals surface area (Å²) in [4.78, 5) is 18.1. The zero-order valence-electron chi connectivity index (χ0n) is 15.1. The van der Waals surface area contributed by atoms with Crippen molar-refractivity contribution in [2.24, 2.45) is 0 Å². The SMILES string of the molecule is COc1cccc(C(=O)N2CCOC[C@H](Oc3ccc(C(F)(F)F)cn3)C2)c1. The van der Waals surface area contributed by atoms with Gasteiger partial charge in [0.25, 0.3) is 5.91 Å². The number of hydrogen-bond acceptors (Lipinski definition) is 5. The molecule has 1 atom stereocenters. The molecule has 0 saturated carbocycles. The summed E-state index contributed by atoms with van der Waals surface area (Å²) in [6.45, 7) is 1.12. The number of benzene rings is 1. The number of rotatable bonds is 4. The van der Waals surface area contributed by atoms with Gasteiger partial charge in [-0.15, -0.1) is 0 Å². The molecular formula is C19H19F3N2O4. The number of pyridine rings is 1. The highest BCUT2D eigenvalue weighted by Gasteiger charge is 2.31. The number of halogens is 3. The minimum atomic E-state index is -4.46. The van der Waals surface area contributed by atoms with E-state index in [4.69, 9.17) is 14.2 Å². The lowest BCUT2D eigenvalue weighted by Gasteiger charge is -2.24. The van der Waals surface area contributed by atoms with Gasteiger partial charge in [0.2, 0.25) is 5.88 Å². The van der Waals surface area contributed by atoms with Crippen LogP contribution in [0.5, 0.6) is 11.6 Å². The van der Waals surface area contributed by atoms with E-state index in [0.29, 0.717) is 30.7 Å². The van der Waals surface area contributed by atoms with Crippen LogP contribution in [-0.4, -0.2) is 55.3 Å². The fraction of sp³-hybridized carbons (Fsp3) is 0.368. The Balaban J connectivity index is 1.68. The second-order valence-electron chi connectivity index (χ2n) is 6.18. The topological polar surface area (TPSA) is 60.9 Å². The average molecular weight is 396 g/mol. The third-order valence-corrected chi connectivity index (χ3v) is 4.19. The second-order valence-corrected chi connectivity index (χ2v) is 6.18. The van der Waals surface area contributed by atoms with Crippen molar-refractivity contribution in [2.75, 3.05) is 33.4 Å². The van der Waals surface area contributed by atoms with E-state index in [-0.39, 0.29) is 24.9 Å². The Bertz CT molecular complexity index is 812. The maximum Gasteiger partial charge on any atom is 0.417 e. The average Bonchev–Trinajstić information content (AvgIpc) is 2.93. The summed E-state index contributed by atoms with van der Waals surface area (Å²) in [7, 11) is 1.52. The van der Waals surface area contributed by atoms with Gasteiger partial charge in [-0.1, -0.05) is 6.07 Å². The van der Waals surface area contributed by atoms with E-state index in [9.17, 15) is 18.0 Å². The van der Waals surface area contributed by atoms with Gasteiger partial charge in [0.1, 0.15) is 11.9 Å². The molecule has 9 heteroatoms. The van der Waals surface area contributed by atoms with Crippen LogP contribution >= 0.6 is 0 Å². The Morgan fingerprint density at radius 3 is 2.79 bits per heavy atom. The molecule has 1 fully saturated rings. The Hall–Kier alpha value is -2.81. The molecule has 28 heavy (non-hydrogen) atoms. The third-order valence-electron chi connectivity index (χ3n) is 4.19. The fourth-order valence-electron chi connectivity index (χ4n) is 2.76. The molecule has 0 spiro atoms. The summed E-state index contributed by atoms with van der Waals surface area (Å²) in [5, 5.41) is 0. The van der Waals surface area contributed by atoms with Crippen molar-refractivity contribution in [3.8, 4) is 11.6 Å². The van der Waals surface area contributed by atoms with Gasteiger partial charge in [0.05, 0.1) is 32.4 Å². The molecule has 1 amide bonds. The number of carbonyl (C=O) groups is 1. The van der Waals surface area contributed by atoms with Gasteiger partial charge >= 0.3 is 6.18 Å². The van der Waals surface area contributed by atoms with Gasteiger partial charge in [-0.25, -0.2) is 4.98 Å². The first-order valence-electron chi connectivity index (χ1n) is 8.58. The van der Waals surface area contributed by atoms with Crippen molar-refractivity contribution >= 4 is 5.91 Å². The van der Waals surface area contributed by atoms with Crippen molar-refractivity contribution < 1.29 is 32.2 Å². The number of ether oxygens (including phenoxy) is 3. The summed E-state index contributed by atoms with van der Waals surface area (Å²) in [6, 6.07) is 8.84. The van der Waals surface area contributed by atoms with Gasteiger partial charge < -0.3 is 19.1 Å². The van der Waals surface area contributed by atoms with Gasteiger partial charge in [0, 0.05) is 24.4 Å². The van der Waals surface area contributed by atoms with E-state index in [0.717, 1.165) is 12.1 Å². The maximum atomic E-state index is 12.8. The normalized spacial score (nSPS) is 17.7. The van der Waals surface area contributed by atoms with E-state index in [1.54, 1.807) is 29.2 Å². The maximum absolute atomic E-state index is 12.8. The van der Waals surface area contributed by atoms with Crippen molar-refractivity contribution in [3.63, 3.8) is 0 Å². The van der Waals surface area contributed by atoms with E-state index in [2.05, 4.69) is 4.98 Å². The number of methoxy groups -OCH3 is 1. The monoisotopic (exact) mass is 396 g/mol. The van der Waals surface area contributed by atoms with Crippen LogP contribution in [0.25, 0.3) is 0 Å². The summed E-state index contributed by atoms with van der Waals surface area (Å²) in [5.74, 6) is 0.398. The molecule has 1 saturated heterocycles. The molecule has 2 aromatic rings. The van der Waals surface area contributed by atoms with E-state index >= 15 is 0 Å². The van der Waals surface area contributed by atoms with E-state index in [1.807, 2.05) is 0 Å². The molecule has 6 nitrogen and oxygen atoms in total. The predicted octanol–water partition coefficient (Wildman–Crippen LogP) is 3.03. The van der Waals surface area contributed by atoms with Crippen LogP contribution in [0.4, 0.5) is 13.2 Å². The highest BCUT2D eigenvalue weighted by Crippen LogP contribution is 2.29. The molecule has 150 valence electrons. The van der Waals surface area contributed by atoms with Crippen LogP contribution in [0, 0.1) is 0 Å². The lowest BCUT2D eigenvalue weighted by atomic mass is 10.2. The Morgan fingerprint density at radius 2 is 2.11 bits per heavy atom. The smallest absolute Gasteiger partial charge is 0.417 e. The summed E-state index contributed by atoms with van der Waals surface area (Å²) < 4.78 is 54.2. The second kappa shape index (κ2) is 8.47. The first-order chi connectivity index (χ1) is 13.4. The standard InChI is InChI=1S/C19H19F3N2O4/c1-26-15-4-2-3-13(9-15)18(25)24-7-8-27-12-16(11-24)28-17-6-5-14(10-23-17)19(20,21)22/h2-6,9-10,16H,7-8,11-12H2,1H3/t16-/m1/s1. The molecule has 1 aliphatic rings. The summed E-state index contributed by atoms with van der Waals surface area (Å²) in [6.07, 6.45) is -4.30. The van der Waals surface area contributed by atoms with Crippen molar-refractivity contribution in [2.45, 2.75) is 12.3 Å². The lowest BCUT2D eigenvalue weighted by Crippen LogP contribution is -2.40. The van der Waals surface area contributed by atoms with E-state index in [1.165, 1.54) is 7.11 Å². The molecule has 3 rings (SSSR count).